The van der Waals surface area contributed by atoms with Crippen molar-refractivity contribution in [2.75, 3.05) is 6.54 Å². The van der Waals surface area contributed by atoms with Crippen LogP contribution >= 0.6 is 12.4 Å². The van der Waals surface area contributed by atoms with E-state index < -0.39 is 0 Å². The molecule has 0 aromatic carbocycles. The van der Waals surface area contributed by atoms with Gasteiger partial charge in [-0.15, -0.1) is 12.4 Å². The van der Waals surface area contributed by atoms with Crippen molar-refractivity contribution in [3.05, 3.63) is 0 Å². The van der Waals surface area contributed by atoms with Crippen LogP contribution in [0.5, 0.6) is 0 Å². The SMILES string of the molecule is CCC(N)(CC)CCN=C=N.Cl. The Bertz CT molecular complexity index is 148. The van der Waals surface area contributed by atoms with Crippen molar-refractivity contribution in [3.8, 4) is 0 Å². The third-order valence-corrected chi connectivity index (χ3v) is 2.21. The van der Waals surface area contributed by atoms with Crippen LogP contribution in [0.3, 0.4) is 0 Å². The van der Waals surface area contributed by atoms with Gasteiger partial charge in [-0.25, -0.2) is 10.4 Å². The predicted octanol–water partition coefficient (Wildman–Crippen LogP) is 2.07. The minimum absolute atomic E-state index is 0. The Kier molecular flexibility index (Phi) is 8.61. The number of nitrogens with two attached hydrogens (primary N) is 1. The van der Waals surface area contributed by atoms with Gasteiger partial charge in [0.1, 0.15) is 0 Å². The van der Waals surface area contributed by atoms with Crippen molar-refractivity contribution in [2.45, 2.75) is 38.6 Å². The molecule has 0 aromatic heterocycles. The largest absolute Gasteiger partial charge is 0.325 e. The molecule has 0 heterocycles. The average Bonchev–Trinajstić information content (AvgIpc) is 2.05. The maximum Gasteiger partial charge on any atom is 0.0861 e. The molecule has 0 aliphatic rings. The van der Waals surface area contributed by atoms with Gasteiger partial charge < -0.3 is 5.73 Å². The predicted molar refractivity (Wildman–Crippen MR) is 54.4 cm³/mol. The quantitative estimate of drug-likeness (QED) is 0.643. The normalized spacial score (nSPS) is 9.92. The van der Waals surface area contributed by atoms with E-state index in [4.69, 9.17) is 11.1 Å². The summed E-state index contributed by atoms with van der Waals surface area (Å²) in [5.74, 6) is 0. The van der Waals surface area contributed by atoms with Gasteiger partial charge in [-0.1, -0.05) is 13.8 Å². The molecule has 0 bridgehead atoms. The highest BCUT2D eigenvalue weighted by Crippen LogP contribution is 2.15. The molecule has 0 aromatic rings. The molecule has 0 unspecified atom stereocenters. The molecule has 0 aliphatic carbocycles. The maximum atomic E-state index is 6.57. The third-order valence-electron chi connectivity index (χ3n) is 2.21. The molecule has 0 radical (unpaired) electrons. The van der Waals surface area contributed by atoms with E-state index in [0.29, 0.717) is 6.54 Å². The first-order valence-corrected chi connectivity index (χ1v) is 4.05. The van der Waals surface area contributed by atoms with Crippen LogP contribution in [0.1, 0.15) is 33.1 Å². The molecule has 3 nitrogen and oxygen atoms in total. The molecular formula is C8H18ClN3. The smallest absolute Gasteiger partial charge is 0.0861 e. The van der Waals surface area contributed by atoms with Crippen molar-refractivity contribution in [3.63, 3.8) is 0 Å². The Labute approximate surface area is 80.4 Å². The second kappa shape index (κ2) is 7.29. The zero-order valence-corrected chi connectivity index (χ0v) is 8.58. The van der Waals surface area contributed by atoms with Gasteiger partial charge in [-0.05, 0) is 19.3 Å². The summed E-state index contributed by atoms with van der Waals surface area (Å²) in [6.07, 6.45) is 2.79. The lowest BCUT2D eigenvalue weighted by Crippen LogP contribution is -2.38. The van der Waals surface area contributed by atoms with Gasteiger partial charge in [0.15, 0.2) is 0 Å². The summed E-state index contributed by atoms with van der Waals surface area (Å²) >= 11 is 0. The molecule has 0 atom stereocenters. The highest BCUT2D eigenvalue weighted by Gasteiger charge is 2.18. The summed E-state index contributed by atoms with van der Waals surface area (Å²) in [4.78, 5) is 3.69. The van der Waals surface area contributed by atoms with Crippen molar-refractivity contribution >= 4 is 18.4 Å². The first kappa shape index (κ1) is 14.2. The minimum atomic E-state index is -0.0830. The maximum absolute atomic E-state index is 6.57. The zero-order chi connectivity index (χ0) is 8.74. The molecule has 72 valence electrons. The molecule has 0 saturated heterocycles. The minimum Gasteiger partial charge on any atom is -0.325 e. The molecule has 0 fully saturated rings. The monoisotopic (exact) mass is 191 g/mol. The Balaban J connectivity index is 0. The fraction of sp³-hybridized carbons (Fsp3) is 0.875. The summed E-state index contributed by atoms with van der Waals surface area (Å²) in [7, 11) is 0. The van der Waals surface area contributed by atoms with E-state index in [2.05, 4.69) is 18.8 Å². The van der Waals surface area contributed by atoms with Crippen LogP contribution in [-0.4, -0.2) is 18.1 Å². The zero-order valence-electron chi connectivity index (χ0n) is 7.76. The van der Waals surface area contributed by atoms with Gasteiger partial charge >= 0.3 is 0 Å². The summed E-state index contributed by atoms with van der Waals surface area (Å²) in [6.45, 7) is 4.79. The molecule has 0 saturated carbocycles. The van der Waals surface area contributed by atoms with E-state index in [1.165, 1.54) is 0 Å². The summed E-state index contributed by atoms with van der Waals surface area (Å²) < 4.78 is 0. The molecule has 3 N–H and O–H groups in total. The fourth-order valence-electron chi connectivity index (χ4n) is 0.938. The number of nitrogens with zero attached hydrogens (tertiary/aromatic N) is 1. The van der Waals surface area contributed by atoms with Gasteiger partial charge in [-0.3, -0.25) is 0 Å². The molecule has 0 amide bonds. The topological polar surface area (TPSA) is 62.2 Å². The second-order valence-corrected chi connectivity index (χ2v) is 2.81. The van der Waals surface area contributed by atoms with E-state index in [0.717, 1.165) is 19.3 Å². The van der Waals surface area contributed by atoms with E-state index >= 15 is 0 Å². The van der Waals surface area contributed by atoms with Crippen molar-refractivity contribution < 1.29 is 0 Å². The Morgan fingerprint density at radius 1 is 1.42 bits per heavy atom. The highest BCUT2D eigenvalue weighted by molar-refractivity contribution is 5.85. The van der Waals surface area contributed by atoms with Crippen LogP contribution in [0.25, 0.3) is 0 Å². The van der Waals surface area contributed by atoms with Gasteiger partial charge in [0.25, 0.3) is 0 Å². The van der Waals surface area contributed by atoms with E-state index in [-0.39, 0.29) is 17.9 Å². The van der Waals surface area contributed by atoms with Crippen LogP contribution in [0.2, 0.25) is 0 Å². The van der Waals surface area contributed by atoms with E-state index in [1.807, 2.05) is 6.01 Å². The lowest BCUT2D eigenvalue weighted by molar-refractivity contribution is 0.373. The molecule has 12 heavy (non-hydrogen) atoms. The third kappa shape index (κ3) is 5.30. The fourth-order valence-corrected chi connectivity index (χ4v) is 0.938. The molecule has 0 rings (SSSR count). The summed E-state index contributed by atoms with van der Waals surface area (Å²) in [5, 5.41) is 6.57. The van der Waals surface area contributed by atoms with E-state index in [9.17, 15) is 0 Å². The van der Waals surface area contributed by atoms with Gasteiger partial charge in [0, 0.05) is 5.54 Å². The first-order chi connectivity index (χ1) is 5.18. The Morgan fingerprint density at radius 2 is 1.92 bits per heavy atom. The number of aliphatic imine (C=N–C) groups is 1. The Morgan fingerprint density at radius 3 is 2.25 bits per heavy atom. The van der Waals surface area contributed by atoms with Crippen LogP contribution in [-0.2, 0) is 0 Å². The van der Waals surface area contributed by atoms with Crippen LogP contribution in [0.4, 0.5) is 0 Å². The lowest BCUT2D eigenvalue weighted by atomic mass is 9.90. The number of halogens is 1. The van der Waals surface area contributed by atoms with Crippen LogP contribution in [0, 0.1) is 5.41 Å². The highest BCUT2D eigenvalue weighted by atomic mass is 35.5. The number of rotatable bonds is 5. The number of nitrogens with one attached hydrogen (secondary N) is 1. The number of hydrogen-bond donors (Lipinski definition) is 2. The summed E-state index contributed by atoms with van der Waals surface area (Å²) in [6, 6.07) is 2.01. The average molecular weight is 192 g/mol. The second-order valence-electron chi connectivity index (χ2n) is 2.81. The van der Waals surface area contributed by atoms with Crippen molar-refractivity contribution in [1.29, 1.82) is 5.41 Å². The van der Waals surface area contributed by atoms with Gasteiger partial charge in [0.05, 0.1) is 12.6 Å². The molecule has 4 heteroatoms. The number of hydrogen-bond acceptors (Lipinski definition) is 3. The Hall–Kier alpha value is -0.370. The van der Waals surface area contributed by atoms with Crippen molar-refractivity contribution in [2.24, 2.45) is 10.7 Å². The molecule has 0 aliphatic heterocycles. The van der Waals surface area contributed by atoms with Gasteiger partial charge in [0.2, 0.25) is 0 Å². The van der Waals surface area contributed by atoms with Gasteiger partial charge in [-0.2, -0.15) is 0 Å². The molecular weight excluding hydrogens is 174 g/mol. The first-order valence-electron chi connectivity index (χ1n) is 4.05. The van der Waals surface area contributed by atoms with Crippen molar-refractivity contribution in [1.82, 2.24) is 0 Å². The molecule has 0 spiro atoms. The standard InChI is InChI=1S/C8H17N3.ClH/c1-3-8(10,4-2)5-6-11-7-9;/h9H,3-6,10H2,1-2H3;1H. The van der Waals surface area contributed by atoms with E-state index in [1.54, 1.807) is 0 Å². The van der Waals surface area contributed by atoms with Crippen LogP contribution in [0.15, 0.2) is 4.99 Å². The lowest BCUT2D eigenvalue weighted by Gasteiger charge is -2.25. The van der Waals surface area contributed by atoms with Crippen LogP contribution < -0.4 is 5.73 Å². The summed E-state index contributed by atoms with van der Waals surface area (Å²) in [5.41, 5.74) is 5.91.